The van der Waals surface area contributed by atoms with Crippen LogP contribution >= 0.6 is 15.9 Å². The second kappa shape index (κ2) is 12.2. The second-order valence-electron chi connectivity index (χ2n) is 9.71. The summed E-state index contributed by atoms with van der Waals surface area (Å²) in [4.78, 5) is 28.4. The van der Waals surface area contributed by atoms with Gasteiger partial charge in [-0.25, -0.2) is 8.42 Å². The molecule has 1 aliphatic carbocycles. The van der Waals surface area contributed by atoms with Gasteiger partial charge in [0, 0.05) is 17.1 Å². The molecule has 0 aliphatic heterocycles. The van der Waals surface area contributed by atoms with E-state index in [2.05, 4.69) is 21.2 Å². The van der Waals surface area contributed by atoms with Crippen LogP contribution in [0.25, 0.3) is 0 Å². The van der Waals surface area contributed by atoms with Gasteiger partial charge in [-0.2, -0.15) is 0 Å². The monoisotopic (exact) mass is 577 g/mol. The van der Waals surface area contributed by atoms with Gasteiger partial charge < -0.3 is 10.2 Å². The first-order valence-corrected chi connectivity index (χ1v) is 15.0. The fourth-order valence-corrected chi connectivity index (χ4v) is 5.77. The highest BCUT2D eigenvalue weighted by Crippen LogP contribution is 2.23. The van der Waals surface area contributed by atoms with Gasteiger partial charge in [-0.1, -0.05) is 53.4 Å². The number of rotatable bonds is 9. The van der Waals surface area contributed by atoms with E-state index < -0.39 is 28.5 Å². The van der Waals surface area contributed by atoms with Crippen LogP contribution in [0.5, 0.6) is 0 Å². The summed E-state index contributed by atoms with van der Waals surface area (Å²) in [5.41, 5.74) is 3.23. The number of hydrogen-bond acceptors (Lipinski definition) is 4. The Kier molecular flexibility index (Phi) is 9.58. The predicted octanol–water partition coefficient (Wildman–Crippen LogP) is 4.70. The quantitative estimate of drug-likeness (QED) is 0.468. The number of halogens is 1. The summed E-state index contributed by atoms with van der Waals surface area (Å²) >= 11 is 3.46. The van der Waals surface area contributed by atoms with Crippen LogP contribution in [0.2, 0.25) is 0 Å². The molecule has 0 saturated heterocycles. The largest absolute Gasteiger partial charge is 0.352 e. The maximum atomic E-state index is 13.7. The lowest BCUT2D eigenvalue weighted by atomic mass is 9.95. The molecule has 0 spiro atoms. The molecule has 2 aromatic rings. The summed E-state index contributed by atoms with van der Waals surface area (Å²) in [7, 11) is -3.75. The Hall–Kier alpha value is -2.39. The minimum atomic E-state index is -3.75. The number of aryl methyl sites for hydroxylation is 2. The molecule has 0 radical (unpaired) electrons. The first-order valence-electron chi connectivity index (χ1n) is 12.3. The number of sulfonamides is 1. The minimum absolute atomic E-state index is 0.111. The SMILES string of the molecule is Cc1ccc(N(CC(=O)N(Cc2cccc(Br)c2)[C@@H](C)C(=O)NC2CCCCC2)S(C)(=O)=O)cc1C. The topological polar surface area (TPSA) is 86.8 Å². The van der Waals surface area contributed by atoms with Crippen molar-refractivity contribution in [3.8, 4) is 0 Å². The molecule has 2 aromatic carbocycles. The summed E-state index contributed by atoms with van der Waals surface area (Å²) in [5, 5.41) is 3.11. The summed E-state index contributed by atoms with van der Waals surface area (Å²) in [6.45, 7) is 5.34. The number of carbonyl (C=O) groups is 2. The van der Waals surface area contributed by atoms with E-state index >= 15 is 0 Å². The van der Waals surface area contributed by atoms with E-state index in [0.717, 1.165) is 57.4 Å². The molecule has 2 amide bonds. The van der Waals surface area contributed by atoms with E-state index in [-0.39, 0.29) is 18.5 Å². The minimum Gasteiger partial charge on any atom is -0.352 e. The van der Waals surface area contributed by atoms with Crippen LogP contribution in [0.4, 0.5) is 5.69 Å². The predicted molar refractivity (Wildman–Crippen MR) is 147 cm³/mol. The molecular formula is C27H36BrN3O4S. The van der Waals surface area contributed by atoms with E-state index in [1.54, 1.807) is 19.1 Å². The van der Waals surface area contributed by atoms with Crippen molar-refractivity contribution >= 4 is 43.5 Å². The molecule has 0 aromatic heterocycles. The number of nitrogens with zero attached hydrogens (tertiary/aromatic N) is 2. The van der Waals surface area contributed by atoms with Crippen LogP contribution < -0.4 is 9.62 Å². The molecule has 196 valence electrons. The fourth-order valence-electron chi connectivity index (χ4n) is 4.48. The highest BCUT2D eigenvalue weighted by molar-refractivity contribution is 9.10. The van der Waals surface area contributed by atoms with Crippen molar-refractivity contribution in [2.45, 2.75) is 71.5 Å². The molecule has 1 atom stereocenters. The average molecular weight is 579 g/mol. The van der Waals surface area contributed by atoms with Crippen molar-refractivity contribution in [1.82, 2.24) is 10.2 Å². The van der Waals surface area contributed by atoms with Crippen molar-refractivity contribution in [3.05, 3.63) is 63.6 Å². The molecular weight excluding hydrogens is 542 g/mol. The fraction of sp³-hybridized carbons (Fsp3) is 0.481. The van der Waals surface area contributed by atoms with Crippen LogP contribution in [0.3, 0.4) is 0 Å². The smallest absolute Gasteiger partial charge is 0.244 e. The summed E-state index contributed by atoms with van der Waals surface area (Å²) in [6.07, 6.45) is 6.31. The lowest BCUT2D eigenvalue weighted by molar-refractivity contribution is -0.139. The standard InChI is InChI=1S/C27H36BrN3O4S/c1-19-13-14-25(15-20(19)2)31(36(4,34)35)18-26(32)30(17-22-9-8-10-23(28)16-22)21(3)27(33)29-24-11-6-5-7-12-24/h8-10,13-16,21,24H,5-7,11-12,17-18H2,1-4H3,(H,29,33)/t21-/m0/s1. The van der Waals surface area contributed by atoms with Crippen LogP contribution in [-0.2, 0) is 26.2 Å². The zero-order valence-electron chi connectivity index (χ0n) is 21.5. The Morgan fingerprint density at radius 1 is 1.06 bits per heavy atom. The number of nitrogens with one attached hydrogen (secondary N) is 1. The van der Waals surface area contributed by atoms with E-state index in [1.165, 1.54) is 11.3 Å². The van der Waals surface area contributed by atoms with Crippen molar-refractivity contribution in [2.24, 2.45) is 0 Å². The molecule has 1 N–H and O–H groups in total. The zero-order chi connectivity index (χ0) is 26.5. The summed E-state index contributed by atoms with van der Waals surface area (Å²) in [6, 6.07) is 12.2. The van der Waals surface area contributed by atoms with Crippen molar-refractivity contribution in [3.63, 3.8) is 0 Å². The van der Waals surface area contributed by atoms with E-state index in [4.69, 9.17) is 0 Å². The molecule has 0 heterocycles. The lowest BCUT2D eigenvalue weighted by Crippen LogP contribution is -2.53. The first-order chi connectivity index (χ1) is 17.0. The lowest BCUT2D eigenvalue weighted by Gasteiger charge is -2.33. The van der Waals surface area contributed by atoms with Gasteiger partial charge in [0.25, 0.3) is 0 Å². The van der Waals surface area contributed by atoms with Crippen molar-refractivity contribution in [1.29, 1.82) is 0 Å². The zero-order valence-corrected chi connectivity index (χ0v) is 23.9. The van der Waals surface area contributed by atoms with Crippen LogP contribution in [0.15, 0.2) is 46.9 Å². The van der Waals surface area contributed by atoms with Gasteiger partial charge in [-0.05, 0) is 74.6 Å². The Morgan fingerprint density at radius 3 is 2.36 bits per heavy atom. The maximum Gasteiger partial charge on any atom is 0.244 e. The number of benzene rings is 2. The molecule has 1 fully saturated rings. The molecule has 36 heavy (non-hydrogen) atoms. The molecule has 9 heteroatoms. The summed E-state index contributed by atoms with van der Waals surface area (Å²) < 4.78 is 27.4. The molecule has 1 aliphatic rings. The number of anilines is 1. The number of hydrogen-bond donors (Lipinski definition) is 1. The Balaban J connectivity index is 1.88. The normalized spacial score (nSPS) is 15.2. The van der Waals surface area contributed by atoms with Gasteiger partial charge in [0.05, 0.1) is 11.9 Å². The third kappa shape index (κ3) is 7.56. The Labute approximate surface area is 223 Å². The highest BCUT2D eigenvalue weighted by Gasteiger charge is 2.31. The third-order valence-electron chi connectivity index (χ3n) is 6.82. The van der Waals surface area contributed by atoms with Crippen LogP contribution in [-0.4, -0.2) is 50.0 Å². The van der Waals surface area contributed by atoms with E-state index in [1.807, 2.05) is 44.2 Å². The van der Waals surface area contributed by atoms with E-state index in [9.17, 15) is 18.0 Å². The first kappa shape index (κ1) is 28.2. The average Bonchev–Trinajstić information content (AvgIpc) is 2.82. The maximum absolute atomic E-state index is 13.7. The van der Waals surface area contributed by atoms with Crippen LogP contribution in [0.1, 0.15) is 55.7 Å². The molecule has 7 nitrogen and oxygen atoms in total. The highest BCUT2D eigenvalue weighted by atomic mass is 79.9. The molecule has 1 saturated carbocycles. The van der Waals surface area contributed by atoms with Gasteiger partial charge in [-0.15, -0.1) is 0 Å². The molecule has 0 bridgehead atoms. The van der Waals surface area contributed by atoms with Crippen molar-refractivity contribution in [2.75, 3.05) is 17.1 Å². The van der Waals surface area contributed by atoms with Gasteiger partial charge in [0.15, 0.2) is 0 Å². The second-order valence-corrected chi connectivity index (χ2v) is 12.5. The Bertz CT molecular complexity index is 1200. The van der Waals surface area contributed by atoms with E-state index in [0.29, 0.717) is 5.69 Å². The number of amides is 2. The van der Waals surface area contributed by atoms with Crippen LogP contribution in [0, 0.1) is 13.8 Å². The molecule has 0 unspecified atom stereocenters. The van der Waals surface area contributed by atoms with Gasteiger partial charge in [0.2, 0.25) is 21.8 Å². The van der Waals surface area contributed by atoms with Gasteiger partial charge in [-0.3, -0.25) is 13.9 Å². The third-order valence-corrected chi connectivity index (χ3v) is 8.45. The van der Waals surface area contributed by atoms with Crippen molar-refractivity contribution < 1.29 is 18.0 Å². The van der Waals surface area contributed by atoms with Gasteiger partial charge in [0.1, 0.15) is 12.6 Å². The van der Waals surface area contributed by atoms with Gasteiger partial charge >= 0.3 is 0 Å². The molecule has 3 rings (SSSR count). The Morgan fingerprint density at radius 2 is 1.75 bits per heavy atom. The number of carbonyl (C=O) groups excluding carboxylic acids is 2. The summed E-state index contributed by atoms with van der Waals surface area (Å²) in [5.74, 6) is -0.660.